The fraction of sp³-hybridized carbons (Fsp3) is 0.550. The zero-order valence-electron chi connectivity index (χ0n) is 15.9. The fourth-order valence-corrected chi connectivity index (χ4v) is 3.27. The summed E-state index contributed by atoms with van der Waals surface area (Å²) in [4.78, 5) is 7.36. The molecular formula is C20H29FN4O2. The Kier molecular flexibility index (Phi) is 7.47. The van der Waals surface area contributed by atoms with E-state index >= 15 is 0 Å². The van der Waals surface area contributed by atoms with Gasteiger partial charge in [0.2, 0.25) is 0 Å². The van der Waals surface area contributed by atoms with E-state index in [2.05, 4.69) is 20.6 Å². The Morgan fingerprint density at radius 3 is 3.07 bits per heavy atom. The van der Waals surface area contributed by atoms with Gasteiger partial charge in [-0.05, 0) is 49.4 Å². The molecule has 1 fully saturated rings. The number of aromatic amines is 1. The number of benzene rings is 1. The highest BCUT2D eigenvalue weighted by Crippen LogP contribution is 2.19. The van der Waals surface area contributed by atoms with Crippen LogP contribution in [-0.4, -0.2) is 57.0 Å². The highest BCUT2D eigenvalue weighted by molar-refractivity contribution is 5.83. The Morgan fingerprint density at radius 2 is 2.26 bits per heavy atom. The van der Waals surface area contributed by atoms with Gasteiger partial charge in [-0.1, -0.05) is 0 Å². The van der Waals surface area contributed by atoms with Crippen molar-refractivity contribution in [2.75, 3.05) is 40.0 Å². The number of rotatable bonds is 9. The minimum Gasteiger partial charge on any atom is -0.379 e. The predicted molar refractivity (Wildman–Crippen MR) is 106 cm³/mol. The molecule has 6 nitrogen and oxygen atoms in total. The number of aliphatic imine (C=N–C) groups is 1. The summed E-state index contributed by atoms with van der Waals surface area (Å²) in [7, 11) is 1.76. The van der Waals surface area contributed by atoms with Crippen molar-refractivity contribution in [3.05, 3.63) is 35.8 Å². The normalized spacial score (nSPS) is 17.6. The van der Waals surface area contributed by atoms with Gasteiger partial charge < -0.3 is 25.1 Å². The topological polar surface area (TPSA) is 70.7 Å². The van der Waals surface area contributed by atoms with E-state index in [-0.39, 0.29) is 11.9 Å². The lowest BCUT2D eigenvalue weighted by Gasteiger charge is -2.13. The molecule has 1 atom stereocenters. The number of ether oxygens (including phenoxy) is 2. The van der Waals surface area contributed by atoms with Crippen LogP contribution in [0, 0.1) is 5.82 Å². The molecule has 0 radical (unpaired) electrons. The molecule has 1 aliphatic rings. The first-order chi connectivity index (χ1) is 13.3. The third-order valence-corrected chi connectivity index (χ3v) is 4.73. The molecule has 0 amide bonds. The van der Waals surface area contributed by atoms with Crippen LogP contribution >= 0.6 is 0 Å². The number of guanidine groups is 1. The maximum Gasteiger partial charge on any atom is 0.190 e. The molecule has 2 aromatic rings. The van der Waals surface area contributed by atoms with Crippen LogP contribution in [0.4, 0.5) is 4.39 Å². The van der Waals surface area contributed by atoms with Gasteiger partial charge in [-0.2, -0.15) is 0 Å². The number of H-pyrrole nitrogens is 1. The Labute approximate surface area is 159 Å². The molecule has 7 heteroatoms. The second-order valence-electron chi connectivity index (χ2n) is 6.74. The second-order valence-corrected chi connectivity index (χ2v) is 6.74. The maximum atomic E-state index is 13.3. The summed E-state index contributed by atoms with van der Waals surface area (Å²) in [5, 5.41) is 7.66. The zero-order chi connectivity index (χ0) is 18.9. The molecular weight excluding hydrogens is 347 g/mol. The third kappa shape index (κ3) is 5.94. The SMILES string of the molecule is CN=C(NCCCOCC1CCCO1)NCCc1c[nH]c2cc(F)ccc12. The summed E-state index contributed by atoms with van der Waals surface area (Å²) >= 11 is 0. The van der Waals surface area contributed by atoms with Gasteiger partial charge in [-0.25, -0.2) is 4.39 Å². The van der Waals surface area contributed by atoms with Gasteiger partial charge >= 0.3 is 0 Å². The maximum absolute atomic E-state index is 13.3. The van der Waals surface area contributed by atoms with Crippen molar-refractivity contribution < 1.29 is 13.9 Å². The van der Waals surface area contributed by atoms with Gasteiger partial charge in [-0.15, -0.1) is 0 Å². The Balaban J connectivity index is 1.30. The molecule has 1 aromatic carbocycles. The number of fused-ring (bicyclic) bond motifs is 1. The summed E-state index contributed by atoms with van der Waals surface area (Å²) in [5.41, 5.74) is 1.99. The number of nitrogens with one attached hydrogen (secondary N) is 3. The van der Waals surface area contributed by atoms with Crippen LogP contribution in [0.3, 0.4) is 0 Å². The van der Waals surface area contributed by atoms with Gasteiger partial charge in [0.15, 0.2) is 5.96 Å². The van der Waals surface area contributed by atoms with Crippen molar-refractivity contribution in [1.82, 2.24) is 15.6 Å². The van der Waals surface area contributed by atoms with Crippen molar-refractivity contribution in [2.24, 2.45) is 4.99 Å². The molecule has 1 aliphatic heterocycles. The van der Waals surface area contributed by atoms with Crippen molar-refractivity contribution in [3.8, 4) is 0 Å². The number of halogens is 1. The number of hydrogen-bond donors (Lipinski definition) is 3. The zero-order valence-corrected chi connectivity index (χ0v) is 15.9. The summed E-state index contributed by atoms with van der Waals surface area (Å²) in [5.74, 6) is 0.554. The van der Waals surface area contributed by atoms with Crippen molar-refractivity contribution >= 4 is 16.9 Å². The van der Waals surface area contributed by atoms with Gasteiger partial charge in [0, 0.05) is 50.5 Å². The summed E-state index contributed by atoms with van der Waals surface area (Å²) in [6.07, 6.45) is 6.23. The van der Waals surface area contributed by atoms with Crippen LogP contribution in [0.1, 0.15) is 24.8 Å². The van der Waals surface area contributed by atoms with Crippen molar-refractivity contribution in [3.63, 3.8) is 0 Å². The standard InChI is InChI=1S/C20H29FN4O2/c1-22-20(23-8-3-10-26-14-17-4-2-11-27-17)24-9-7-15-13-25-19-12-16(21)5-6-18(15)19/h5-6,12-13,17,25H,2-4,7-11,14H2,1H3,(H2,22,23,24). The molecule has 0 bridgehead atoms. The van der Waals surface area contributed by atoms with Crippen LogP contribution in [0.25, 0.3) is 10.9 Å². The molecule has 3 rings (SSSR count). The number of hydrogen-bond acceptors (Lipinski definition) is 3. The molecule has 148 valence electrons. The molecule has 0 aliphatic carbocycles. The lowest BCUT2D eigenvalue weighted by molar-refractivity contribution is 0.0168. The molecule has 1 unspecified atom stereocenters. The highest BCUT2D eigenvalue weighted by atomic mass is 19.1. The molecule has 27 heavy (non-hydrogen) atoms. The average molecular weight is 376 g/mol. The predicted octanol–water partition coefficient (Wildman–Crippen LogP) is 2.60. The summed E-state index contributed by atoms with van der Waals surface area (Å²) in [6, 6.07) is 4.84. The van der Waals surface area contributed by atoms with Crippen molar-refractivity contribution in [1.29, 1.82) is 0 Å². The van der Waals surface area contributed by atoms with Gasteiger partial charge in [0.1, 0.15) is 5.82 Å². The van der Waals surface area contributed by atoms with E-state index in [4.69, 9.17) is 9.47 Å². The minimum absolute atomic E-state index is 0.224. The Hall–Kier alpha value is -2.12. The number of aromatic nitrogens is 1. The minimum atomic E-state index is -0.224. The van der Waals surface area contributed by atoms with E-state index in [1.165, 1.54) is 12.1 Å². The van der Waals surface area contributed by atoms with E-state index < -0.39 is 0 Å². The molecule has 3 N–H and O–H groups in total. The van der Waals surface area contributed by atoms with Crippen LogP contribution in [0.5, 0.6) is 0 Å². The van der Waals surface area contributed by atoms with Crippen LogP contribution in [0.2, 0.25) is 0 Å². The lowest BCUT2D eigenvalue weighted by Crippen LogP contribution is -2.39. The first-order valence-corrected chi connectivity index (χ1v) is 9.65. The first-order valence-electron chi connectivity index (χ1n) is 9.65. The largest absolute Gasteiger partial charge is 0.379 e. The Bertz CT molecular complexity index is 741. The fourth-order valence-electron chi connectivity index (χ4n) is 3.27. The van der Waals surface area contributed by atoms with Crippen LogP contribution in [-0.2, 0) is 15.9 Å². The monoisotopic (exact) mass is 376 g/mol. The summed E-state index contributed by atoms with van der Waals surface area (Å²) < 4.78 is 24.4. The van der Waals surface area contributed by atoms with E-state index in [1.807, 2.05) is 12.3 Å². The molecule has 1 aromatic heterocycles. The average Bonchev–Trinajstić information content (AvgIpc) is 3.32. The Morgan fingerprint density at radius 1 is 1.37 bits per heavy atom. The smallest absolute Gasteiger partial charge is 0.190 e. The van der Waals surface area contributed by atoms with Crippen LogP contribution in [0.15, 0.2) is 29.4 Å². The van der Waals surface area contributed by atoms with E-state index in [0.717, 1.165) is 74.4 Å². The van der Waals surface area contributed by atoms with E-state index in [9.17, 15) is 4.39 Å². The molecule has 0 saturated carbocycles. The van der Waals surface area contributed by atoms with E-state index in [0.29, 0.717) is 6.61 Å². The van der Waals surface area contributed by atoms with Gasteiger partial charge in [0.25, 0.3) is 0 Å². The quantitative estimate of drug-likeness (QED) is 0.357. The van der Waals surface area contributed by atoms with Gasteiger partial charge in [-0.3, -0.25) is 4.99 Å². The highest BCUT2D eigenvalue weighted by Gasteiger charge is 2.14. The van der Waals surface area contributed by atoms with Crippen LogP contribution < -0.4 is 10.6 Å². The first kappa shape index (κ1) is 19.6. The molecule has 2 heterocycles. The molecule has 1 saturated heterocycles. The summed E-state index contributed by atoms with van der Waals surface area (Å²) in [6.45, 7) is 3.83. The second kappa shape index (κ2) is 10.3. The third-order valence-electron chi connectivity index (χ3n) is 4.73. The number of nitrogens with zero attached hydrogens (tertiary/aromatic N) is 1. The van der Waals surface area contributed by atoms with Crippen molar-refractivity contribution in [2.45, 2.75) is 31.8 Å². The van der Waals surface area contributed by atoms with Gasteiger partial charge in [0.05, 0.1) is 12.7 Å². The van der Waals surface area contributed by atoms with E-state index in [1.54, 1.807) is 7.05 Å². The molecule has 0 spiro atoms. The lowest BCUT2D eigenvalue weighted by atomic mass is 10.1.